The van der Waals surface area contributed by atoms with Gasteiger partial charge in [-0.1, -0.05) is 0 Å². The molecule has 0 radical (unpaired) electrons. The number of piperidine rings is 1. The summed E-state index contributed by atoms with van der Waals surface area (Å²) in [5, 5.41) is 0. The lowest BCUT2D eigenvalue weighted by Gasteiger charge is -2.44. The smallest absolute Gasteiger partial charge is 0.410 e. The second-order valence-corrected chi connectivity index (χ2v) is 7.74. The van der Waals surface area contributed by atoms with E-state index in [1.54, 1.807) is 0 Å². The molecule has 112 valence electrons. The fourth-order valence-electron chi connectivity index (χ4n) is 4.05. The molecule has 0 aromatic carbocycles. The predicted molar refractivity (Wildman–Crippen MR) is 75.3 cm³/mol. The molecule has 4 heteroatoms. The summed E-state index contributed by atoms with van der Waals surface area (Å²) in [6.45, 7) is 7.27. The molecule has 2 atom stereocenters. The van der Waals surface area contributed by atoms with E-state index in [4.69, 9.17) is 4.74 Å². The fourth-order valence-corrected chi connectivity index (χ4v) is 4.05. The normalized spacial score (nSPS) is 31.9. The fraction of sp³-hybridized carbons (Fsp3) is 0.875. The zero-order valence-electron chi connectivity index (χ0n) is 12.8. The van der Waals surface area contributed by atoms with Gasteiger partial charge in [0.25, 0.3) is 0 Å². The molecule has 0 bridgehead atoms. The van der Waals surface area contributed by atoms with Gasteiger partial charge in [0, 0.05) is 25.4 Å². The molecule has 1 amide bonds. The number of likely N-dealkylation sites (tertiary alicyclic amines) is 1. The monoisotopic (exact) mass is 279 g/mol. The summed E-state index contributed by atoms with van der Waals surface area (Å²) in [6, 6.07) is 0. The molecule has 1 spiro atoms. The summed E-state index contributed by atoms with van der Waals surface area (Å²) in [5.41, 5.74) is -0.0812. The Morgan fingerprint density at radius 2 is 1.90 bits per heavy atom. The maximum absolute atomic E-state index is 12.1. The molecule has 3 fully saturated rings. The van der Waals surface area contributed by atoms with Crippen LogP contribution in [0.25, 0.3) is 0 Å². The van der Waals surface area contributed by atoms with Gasteiger partial charge in [0.15, 0.2) is 0 Å². The summed E-state index contributed by atoms with van der Waals surface area (Å²) in [6.07, 6.45) is 4.79. The third kappa shape index (κ3) is 2.45. The summed E-state index contributed by atoms with van der Waals surface area (Å²) >= 11 is 0. The number of amides is 1. The van der Waals surface area contributed by atoms with Crippen LogP contribution >= 0.6 is 0 Å². The molecular weight excluding hydrogens is 254 g/mol. The van der Waals surface area contributed by atoms with E-state index in [-0.39, 0.29) is 6.09 Å². The van der Waals surface area contributed by atoms with Gasteiger partial charge in [-0.25, -0.2) is 4.79 Å². The number of nitrogens with zero attached hydrogens (tertiary/aromatic N) is 1. The number of fused-ring (bicyclic) bond motifs is 2. The molecule has 20 heavy (non-hydrogen) atoms. The minimum Gasteiger partial charge on any atom is -0.444 e. The Hall–Kier alpha value is -1.06. The standard InChI is InChI=1S/C16H25NO3/c1-15(2,3)20-14(19)17-8-6-16(7-9-17)5-4-13(18)11-10-12(11)16/h11-12H,4-10H2,1-3H3. The highest BCUT2D eigenvalue weighted by molar-refractivity contribution is 5.85. The molecule has 4 nitrogen and oxygen atoms in total. The van der Waals surface area contributed by atoms with Gasteiger partial charge in [-0.2, -0.15) is 0 Å². The van der Waals surface area contributed by atoms with Gasteiger partial charge in [-0.15, -0.1) is 0 Å². The maximum atomic E-state index is 12.1. The first-order valence-electron chi connectivity index (χ1n) is 7.81. The Morgan fingerprint density at radius 1 is 1.25 bits per heavy atom. The highest BCUT2D eigenvalue weighted by atomic mass is 16.6. The molecule has 1 saturated heterocycles. The van der Waals surface area contributed by atoms with Crippen molar-refractivity contribution in [3.05, 3.63) is 0 Å². The van der Waals surface area contributed by atoms with E-state index in [1.807, 2.05) is 25.7 Å². The lowest BCUT2D eigenvalue weighted by atomic mass is 9.67. The van der Waals surface area contributed by atoms with Crippen LogP contribution in [0.4, 0.5) is 4.79 Å². The summed E-state index contributed by atoms with van der Waals surface area (Å²) in [4.78, 5) is 25.6. The third-order valence-corrected chi connectivity index (χ3v) is 5.27. The Morgan fingerprint density at radius 3 is 2.50 bits per heavy atom. The van der Waals surface area contributed by atoms with Gasteiger partial charge < -0.3 is 9.64 Å². The van der Waals surface area contributed by atoms with Crippen molar-refractivity contribution in [1.82, 2.24) is 4.90 Å². The van der Waals surface area contributed by atoms with Crippen LogP contribution in [-0.2, 0) is 9.53 Å². The van der Waals surface area contributed by atoms with Crippen LogP contribution in [0.15, 0.2) is 0 Å². The Kier molecular flexibility index (Phi) is 3.11. The average molecular weight is 279 g/mol. The van der Waals surface area contributed by atoms with Gasteiger partial charge >= 0.3 is 6.09 Å². The summed E-state index contributed by atoms with van der Waals surface area (Å²) in [7, 11) is 0. The molecule has 1 heterocycles. The summed E-state index contributed by atoms with van der Waals surface area (Å²) < 4.78 is 5.44. The van der Waals surface area contributed by atoms with Crippen molar-refractivity contribution in [2.45, 2.75) is 58.5 Å². The highest BCUT2D eigenvalue weighted by Gasteiger charge is 2.58. The molecule has 0 N–H and O–H groups in total. The average Bonchev–Trinajstić information content (AvgIpc) is 3.14. The molecule has 0 aromatic heterocycles. The van der Waals surface area contributed by atoms with Crippen molar-refractivity contribution < 1.29 is 14.3 Å². The number of hydrogen-bond donors (Lipinski definition) is 0. The molecular formula is C16H25NO3. The quantitative estimate of drug-likeness (QED) is 0.685. The van der Waals surface area contributed by atoms with Crippen molar-refractivity contribution >= 4 is 11.9 Å². The minimum atomic E-state index is -0.426. The number of ketones is 1. The Labute approximate surface area is 120 Å². The molecule has 1 aliphatic heterocycles. The van der Waals surface area contributed by atoms with E-state index in [0.717, 1.165) is 45.2 Å². The number of hydrogen-bond acceptors (Lipinski definition) is 3. The molecule has 3 aliphatic rings. The van der Waals surface area contributed by atoms with Crippen LogP contribution in [0.3, 0.4) is 0 Å². The van der Waals surface area contributed by atoms with Crippen LogP contribution in [-0.4, -0.2) is 35.5 Å². The van der Waals surface area contributed by atoms with E-state index >= 15 is 0 Å². The van der Waals surface area contributed by atoms with E-state index in [9.17, 15) is 9.59 Å². The van der Waals surface area contributed by atoms with E-state index in [2.05, 4.69) is 0 Å². The SMILES string of the molecule is CC(C)(C)OC(=O)N1CCC2(CCC(=O)C3CC32)CC1. The number of Topliss-reactive ketones (excluding diaryl/α,β-unsaturated/α-hetero) is 1. The van der Waals surface area contributed by atoms with E-state index < -0.39 is 5.60 Å². The predicted octanol–water partition coefficient (Wildman–Crippen LogP) is 3.00. The molecule has 0 aromatic rings. The Balaban J connectivity index is 1.58. The van der Waals surface area contributed by atoms with Crippen LogP contribution in [0.2, 0.25) is 0 Å². The van der Waals surface area contributed by atoms with Crippen LogP contribution < -0.4 is 0 Å². The molecule has 3 rings (SSSR count). The van der Waals surface area contributed by atoms with Crippen molar-refractivity contribution in [2.75, 3.05) is 13.1 Å². The lowest BCUT2D eigenvalue weighted by Crippen LogP contribution is -2.47. The van der Waals surface area contributed by atoms with Crippen LogP contribution in [0.5, 0.6) is 0 Å². The number of ether oxygens (including phenoxy) is 1. The molecule has 2 saturated carbocycles. The van der Waals surface area contributed by atoms with Crippen LogP contribution in [0, 0.1) is 17.3 Å². The minimum absolute atomic E-state index is 0.188. The van der Waals surface area contributed by atoms with Gasteiger partial charge in [0.05, 0.1) is 0 Å². The topological polar surface area (TPSA) is 46.6 Å². The maximum Gasteiger partial charge on any atom is 0.410 e. The van der Waals surface area contributed by atoms with E-state index in [1.165, 1.54) is 0 Å². The summed E-state index contributed by atoms with van der Waals surface area (Å²) in [5.74, 6) is 1.46. The van der Waals surface area contributed by atoms with E-state index in [0.29, 0.717) is 23.0 Å². The van der Waals surface area contributed by atoms with Gasteiger partial charge in [0.1, 0.15) is 11.4 Å². The highest BCUT2D eigenvalue weighted by Crippen LogP contribution is 2.61. The number of carbonyl (C=O) groups excluding carboxylic acids is 2. The van der Waals surface area contributed by atoms with Crippen molar-refractivity contribution in [3.8, 4) is 0 Å². The first-order chi connectivity index (χ1) is 9.31. The van der Waals surface area contributed by atoms with Gasteiger partial charge in [-0.3, -0.25) is 4.79 Å². The van der Waals surface area contributed by atoms with Gasteiger partial charge in [0.2, 0.25) is 0 Å². The zero-order valence-corrected chi connectivity index (χ0v) is 12.8. The zero-order chi connectivity index (χ0) is 14.5. The first-order valence-corrected chi connectivity index (χ1v) is 7.81. The lowest BCUT2D eigenvalue weighted by molar-refractivity contribution is -0.124. The number of rotatable bonds is 0. The van der Waals surface area contributed by atoms with Gasteiger partial charge in [-0.05, 0) is 57.8 Å². The van der Waals surface area contributed by atoms with Crippen molar-refractivity contribution in [2.24, 2.45) is 17.3 Å². The van der Waals surface area contributed by atoms with Crippen LogP contribution in [0.1, 0.15) is 52.9 Å². The largest absolute Gasteiger partial charge is 0.444 e. The second-order valence-electron chi connectivity index (χ2n) is 7.74. The third-order valence-electron chi connectivity index (χ3n) is 5.27. The number of carbonyl (C=O) groups is 2. The van der Waals surface area contributed by atoms with Crippen molar-refractivity contribution in [3.63, 3.8) is 0 Å². The Bertz CT molecular complexity index is 429. The molecule has 2 unspecified atom stereocenters. The first kappa shape index (κ1) is 13.9. The second kappa shape index (κ2) is 4.47. The molecule has 2 aliphatic carbocycles. The van der Waals surface area contributed by atoms with Crippen molar-refractivity contribution in [1.29, 1.82) is 0 Å².